The van der Waals surface area contributed by atoms with Crippen molar-refractivity contribution in [3.05, 3.63) is 91.0 Å². The number of carbonyl (C=O) groups excluding carboxylic acids is 1. The van der Waals surface area contributed by atoms with Crippen molar-refractivity contribution in [3.8, 4) is 0 Å². The molecule has 0 aliphatic carbocycles. The average molecular weight is 465 g/mol. The molecule has 0 radical (unpaired) electrons. The van der Waals surface area contributed by atoms with E-state index in [0.717, 1.165) is 15.9 Å². The number of aliphatic carboxylic acids is 1. The van der Waals surface area contributed by atoms with Gasteiger partial charge in [0.05, 0.1) is 0 Å². The largest absolute Gasteiger partial charge is 0.477 e. The molecule has 0 spiro atoms. The van der Waals surface area contributed by atoms with Crippen molar-refractivity contribution < 1.29 is 19.4 Å². The van der Waals surface area contributed by atoms with Gasteiger partial charge >= 0.3 is 5.97 Å². The summed E-state index contributed by atoms with van der Waals surface area (Å²) in [6, 6.07) is 28.8. The second-order valence-corrected chi connectivity index (χ2v) is 12.6. The molecule has 3 aromatic rings. The normalized spacial score (nSPS) is 13.7. The predicted molar refractivity (Wildman–Crippen MR) is 135 cm³/mol. The lowest BCUT2D eigenvalue weighted by molar-refractivity contribution is -0.146. The fourth-order valence-corrected chi connectivity index (χ4v) is 9.08. The number of carboxylic acids is 1. The van der Waals surface area contributed by atoms with Crippen LogP contribution in [0.3, 0.4) is 0 Å². The molecule has 1 atom stereocenters. The van der Waals surface area contributed by atoms with Crippen LogP contribution in [0.4, 0.5) is 0 Å². The monoisotopic (exact) mass is 464 g/mol. The highest BCUT2D eigenvalue weighted by Crippen LogP contribution is 2.65. The van der Waals surface area contributed by atoms with E-state index in [4.69, 9.17) is 4.74 Å². The van der Waals surface area contributed by atoms with Crippen molar-refractivity contribution in [3.63, 3.8) is 0 Å². The summed E-state index contributed by atoms with van der Waals surface area (Å²) in [5, 5.41) is 14.7. The fraction of sp³-hybridized carbons (Fsp3) is 0.259. The SMILES string of the molecule is COCC(NC(=O)C(C)(C)C)(C(=O)O)[P+](c1ccccc1)(c1ccccc1)c1ccccc1. The highest BCUT2D eigenvalue weighted by atomic mass is 31.2. The standard InChI is InChI=1S/C27H30NO4P/c1-26(2,3)24(29)28-27(20-32-4,25(30)31)33(21-14-8-5-9-15-21,22-16-10-6-11-17-22)23-18-12-7-13-19-23/h5-19H,20H2,1-4H3,(H-,28,29,30,31)/p+1. The zero-order chi connectivity index (χ0) is 24.1. The molecule has 0 saturated heterocycles. The first kappa shape index (κ1) is 24.6. The van der Waals surface area contributed by atoms with Crippen LogP contribution in [0.2, 0.25) is 0 Å². The lowest BCUT2D eigenvalue weighted by atomic mass is 9.95. The molecule has 0 heterocycles. The smallest absolute Gasteiger partial charge is 0.372 e. The van der Waals surface area contributed by atoms with Crippen molar-refractivity contribution in [1.29, 1.82) is 0 Å². The van der Waals surface area contributed by atoms with E-state index in [2.05, 4.69) is 5.32 Å². The number of carbonyl (C=O) groups is 2. The Hall–Kier alpha value is -3.01. The molecule has 0 aliphatic heterocycles. The highest BCUT2D eigenvalue weighted by Gasteiger charge is 2.69. The third-order valence-electron chi connectivity index (χ3n) is 5.71. The van der Waals surface area contributed by atoms with Crippen molar-refractivity contribution in [2.24, 2.45) is 5.41 Å². The number of hydrogen-bond donors (Lipinski definition) is 2. The van der Waals surface area contributed by atoms with Gasteiger partial charge in [0.2, 0.25) is 5.91 Å². The molecule has 6 heteroatoms. The topological polar surface area (TPSA) is 75.6 Å². The van der Waals surface area contributed by atoms with Gasteiger partial charge in [0.1, 0.15) is 22.5 Å². The van der Waals surface area contributed by atoms with E-state index < -0.39 is 23.9 Å². The molecule has 3 aromatic carbocycles. The first-order valence-electron chi connectivity index (χ1n) is 10.8. The van der Waals surface area contributed by atoms with Gasteiger partial charge in [0, 0.05) is 12.5 Å². The summed E-state index contributed by atoms with van der Waals surface area (Å²) >= 11 is 0. The Morgan fingerprint density at radius 1 is 0.788 bits per heavy atom. The molecule has 0 aliphatic rings. The van der Waals surface area contributed by atoms with Gasteiger partial charge in [-0.1, -0.05) is 75.4 Å². The van der Waals surface area contributed by atoms with E-state index in [-0.39, 0.29) is 12.5 Å². The van der Waals surface area contributed by atoms with E-state index >= 15 is 0 Å². The van der Waals surface area contributed by atoms with Crippen LogP contribution < -0.4 is 21.2 Å². The molecule has 0 bridgehead atoms. The van der Waals surface area contributed by atoms with Crippen molar-refractivity contribution in [1.82, 2.24) is 5.32 Å². The molecule has 0 fully saturated rings. The maximum atomic E-state index is 13.4. The van der Waals surface area contributed by atoms with E-state index in [9.17, 15) is 14.7 Å². The summed E-state index contributed by atoms with van der Waals surface area (Å²) in [6.45, 7) is 5.12. The Morgan fingerprint density at radius 3 is 1.42 bits per heavy atom. The van der Waals surface area contributed by atoms with Crippen LogP contribution in [0.1, 0.15) is 20.8 Å². The number of methoxy groups -OCH3 is 1. The van der Waals surface area contributed by atoms with Crippen LogP contribution >= 0.6 is 7.26 Å². The Bertz CT molecular complexity index is 985. The lowest BCUT2D eigenvalue weighted by Gasteiger charge is -2.42. The minimum absolute atomic E-state index is 0.198. The number of ether oxygens (including phenoxy) is 1. The van der Waals surface area contributed by atoms with Gasteiger partial charge in [-0.05, 0) is 36.4 Å². The number of rotatable bonds is 8. The van der Waals surface area contributed by atoms with E-state index in [0.29, 0.717) is 0 Å². The van der Waals surface area contributed by atoms with Gasteiger partial charge in [-0.15, -0.1) is 0 Å². The predicted octanol–water partition coefficient (Wildman–Crippen LogP) is 3.57. The van der Waals surface area contributed by atoms with Crippen molar-refractivity contribution in [2.75, 3.05) is 13.7 Å². The number of benzene rings is 3. The van der Waals surface area contributed by atoms with Crippen molar-refractivity contribution >= 4 is 35.1 Å². The minimum Gasteiger partial charge on any atom is -0.477 e. The first-order chi connectivity index (χ1) is 15.7. The second-order valence-electron chi connectivity index (χ2n) is 8.98. The third-order valence-corrected chi connectivity index (χ3v) is 10.5. The number of hydrogen-bond acceptors (Lipinski definition) is 3. The zero-order valence-electron chi connectivity index (χ0n) is 19.5. The maximum Gasteiger partial charge on any atom is 0.372 e. The number of carboxylic acid groups (broad SMARTS) is 1. The molecule has 1 unspecified atom stereocenters. The van der Waals surface area contributed by atoms with Crippen LogP contribution in [0.15, 0.2) is 91.0 Å². The molecule has 0 saturated carbocycles. The van der Waals surface area contributed by atoms with Gasteiger partial charge in [-0.25, -0.2) is 4.79 Å². The van der Waals surface area contributed by atoms with Crippen LogP contribution in [-0.2, 0) is 14.3 Å². The number of nitrogens with one attached hydrogen (secondary N) is 1. The Labute approximate surface area is 196 Å². The lowest BCUT2D eigenvalue weighted by Crippen LogP contribution is -2.66. The molecular formula is C27H31NO4P+. The minimum atomic E-state index is -3.05. The Kier molecular flexibility index (Phi) is 7.36. The fourth-order valence-electron chi connectivity index (χ4n) is 4.12. The molecule has 0 aromatic heterocycles. The first-order valence-corrected chi connectivity index (χ1v) is 12.6. The summed E-state index contributed by atoms with van der Waals surface area (Å²) in [5.74, 6) is -1.49. The molecule has 33 heavy (non-hydrogen) atoms. The summed E-state index contributed by atoms with van der Waals surface area (Å²) in [7, 11) is -1.58. The second kappa shape index (κ2) is 9.86. The van der Waals surface area contributed by atoms with Crippen LogP contribution in [0.25, 0.3) is 0 Å². The van der Waals surface area contributed by atoms with E-state index in [1.54, 1.807) is 20.8 Å². The maximum absolute atomic E-state index is 13.4. The molecule has 2 N–H and O–H groups in total. The average Bonchev–Trinajstić information content (AvgIpc) is 2.81. The van der Waals surface area contributed by atoms with Gasteiger partial charge in [0.25, 0.3) is 5.28 Å². The van der Waals surface area contributed by atoms with Crippen LogP contribution in [-0.4, -0.2) is 36.0 Å². The van der Waals surface area contributed by atoms with Gasteiger partial charge in [0.15, 0.2) is 7.26 Å². The summed E-state index contributed by atoms with van der Waals surface area (Å²) < 4.78 is 5.58. The quantitative estimate of drug-likeness (QED) is 0.500. The number of amides is 1. The molecular weight excluding hydrogens is 433 g/mol. The molecule has 1 amide bonds. The Balaban J connectivity index is 2.53. The van der Waals surface area contributed by atoms with Gasteiger partial charge in [-0.2, -0.15) is 0 Å². The molecule has 5 nitrogen and oxygen atoms in total. The van der Waals surface area contributed by atoms with E-state index in [1.807, 2.05) is 91.0 Å². The summed E-state index contributed by atoms with van der Waals surface area (Å²) in [5.41, 5.74) is -0.797. The van der Waals surface area contributed by atoms with Gasteiger partial charge in [-0.3, -0.25) is 4.79 Å². The summed E-state index contributed by atoms with van der Waals surface area (Å²) in [6.07, 6.45) is 0. The highest BCUT2D eigenvalue weighted by molar-refractivity contribution is 7.97. The van der Waals surface area contributed by atoms with E-state index in [1.165, 1.54) is 7.11 Å². The third kappa shape index (κ3) is 4.44. The zero-order valence-corrected chi connectivity index (χ0v) is 20.4. The Morgan fingerprint density at radius 2 is 1.15 bits per heavy atom. The van der Waals surface area contributed by atoms with Crippen molar-refractivity contribution in [2.45, 2.75) is 26.1 Å². The van der Waals surface area contributed by atoms with Gasteiger partial charge < -0.3 is 15.2 Å². The van der Waals surface area contributed by atoms with Crippen LogP contribution in [0.5, 0.6) is 0 Å². The summed E-state index contributed by atoms with van der Waals surface area (Å²) in [4.78, 5) is 26.8. The van der Waals surface area contributed by atoms with Crippen LogP contribution in [0, 0.1) is 5.41 Å². The molecule has 3 rings (SSSR count). The molecule has 172 valence electrons.